The van der Waals surface area contributed by atoms with Gasteiger partial charge in [0.15, 0.2) is 0 Å². The summed E-state index contributed by atoms with van der Waals surface area (Å²) < 4.78 is 0.877. The van der Waals surface area contributed by atoms with E-state index in [0.29, 0.717) is 12.0 Å². The van der Waals surface area contributed by atoms with Crippen LogP contribution < -0.4 is 4.90 Å². The van der Waals surface area contributed by atoms with Gasteiger partial charge in [0.05, 0.1) is 0 Å². The van der Waals surface area contributed by atoms with Crippen molar-refractivity contribution in [3.63, 3.8) is 0 Å². The van der Waals surface area contributed by atoms with Gasteiger partial charge in [-0.1, -0.05) is 33.6 Å². The first-order valence-electron chi connectivity index (χ1n) is 7.26. The van der Waals surface area contributed by atoms with Gasteiger partial charge in [-0.15, -0.1) is 0 Å². The van der Waals surface area contributed by atoms with Crippen LogP contribution in [0.15, 0.2) is 10.7 Å². The summed E-state index contributed by atoms with van der Waals surface area (Å²) in [4.78, 5) is 11.5. The van der Waals surface area contributed by atoms with Gasteiger partial charge in [-0.3, -0.25) is 0 Å². The molecule has 0 saturated carbocycles. The molecule has 19 heavy (non-hydrogen) atoms. The molecule has 4 heteroatoms. The van der Waals surface area contributed by atoms with Crippen LogP contribution >= 0.6 is 15.9 Å². The molecule has 0 N–H and O–H groups in total. The molecule has 0 saturated heterocycles. The lowest BCUT2D eigenvalue weighted by molar-refractivity contribution is 0.615. The summed E-state index contributed by atoms with van der Waals surface area (Å²) in [5.41, 5.74) is 0. The first-order valence-corrected chi connectivity index (χ1v) is 8.06. The Labute approximate surface area is 126 Å². The van der Waals surface area contributed by atoms with Crippen LogP contribution in [0.3, 0.4) is 0 Å². The van der Waals surface area contributed by atoms with Crippen molar-refractivity contribution >= 4 is 21.7 Å². The monoisotopic (exact) mass is 327 g/mol. The molecule has 3 nitrogen and oxygen atoms in total. The third kappa shape index (κ3) is 5.09. The van der Waals surface area contributed by atoms with E-state index in [1.165, 1.54) is 19.3 Å². The highest BCUT2D eigenvalue weighted by Gasteiger charge is 2.15. The fourth-order valence-corrected chi connectivity index (χ4v) is 2.38. The molecule has 1 heterocycles. The number of nitrogens with zero attached hydrogens (tertiary/aromatic N) is 3. The summed E-state index contributed by atoms with van der Waals surface area (Å²) in [5.74, 6) is 2.29. The maximum Gasteiger partial charge on any atom is 0.134 e. The molecule has 1 rings (SSSR count). The number of aromatic nitrogens is 2. The smallest absolute Gasteiger partial charge is 0.134 e. The number of rotatable bonds is 7. The standard InChI is InChI=1S/C15H26BrN3/c1-6-7-8-9-19(12(4)5)14-10-13(16)17-15(18-14)11(2)3/h10-12H,6-9H2,1-5H3. The van der Waals surface area contributed by atoms with Gasteiger partial charge < -0.3 is 4.90 Å². The fraction of sp³-hybridized carbons (Fsp3) is 0.733. The molecule has 0 unspecified atom stereocenters. The molecule has 0 atom stereocenters. The summed E-state index contributed by atoms with van der Waals surface area (Å²) in [6, 6.07) is 2.48. The van der Waals surface area contributed by atoms with Crippen molar-refractivity contribution in [2.24, 2.45) is 0 Å². The molecule has 0 aliphatic heterocycles. The normalized spacial score (nSPS) is 11.4. The van der Waals surface area contributed by atoms with E-state index in [-0.39, 0.29) is 0 Å². The number of anilines is 1. The topological polar surface area (TPSA) is 29.0 Å². The van der Waals surface area contributed by atoms with E-state index in [2.05, 4.69) is 60.4 Å². The van der Waals surface area contributed by atoms with Crippen molar-refractivity contribution in [1.29, 1.82) is 0 Å². The van der Waals surface area contributed by atoms with Crippen molar-refractivity contribution < 1.29 is 0 Å². The van der Waals surface area contributed by atoms with Gasteiger partial charge in [0.1, 0.15) is 16.2 Å². The van der Waals surface area contributed by atoms with Crippen molar-refractivity contribution in [1.82, 2.24) is 9.97 Å². The van der Waals surface area contributed by atoms with Crippen molar-refractivity contribution in [2.75, 3.05) is 11.4 Å². The maximum absolute atomic E-state index is 4.72. The quantitative estimate of drug-likeness (QED) is 0.533. The summed E-state index contributed by atoms with van der Waals surface area (Å²) in [5, 5.41) is 0. The van der Waals surface area contributed by atoms with Crippen molar-refractivity contribution in [3.8, 4) is 0 Å². The second kappa shape index (κ2) is 7.83. The van der Waals surface area contributed by atoms with E-state index >= 15 is 0 Å². The molecular formula is C15H26BrN3. The number of hydrogen-bond acceptors (Lipinski definition) is 3. The molecule has 0 fully saturated rings. The Balaban J connectivity index is 2.94. The summed E-state index contributed by atoms with van der Waals surface area (Å²) in [6.45, 7) is 12.0. The van der Waals surface area contributed by atoms with Crippen molar-refractivity contribution in [2.45, 2.75) is 65.8 Å². The van der Waals surface area contributed by atoms with E-state index < -0.39 is 0 Å². The molecule has 0 spiro atoms. The molecule has 0 bridgehead atoms. The van der Waals surface area contributed by atoms with E-state index in [9.17, 15) is 0 Å². The minimum Gasteiger partial charge on any atom is -0.354 e. The fourth-order valence-electron chi connectivity index (χ4n) is 2.00. The zero-order valence-electron chi connectivity index (χ0n) is 12.8. The zero-order chi connectivity index (χ0) is 14.4. The highest BCUT2D eigenvalue weighted by atomic mass is 79.9. The first-order chi connectivity index (χ1) is 8.95. The van der Waals surface area contributed by atoms with Crippen LogP contribution in [0.1, 0.15) is 65.6 Å². The molecule has 0 aromatic carbocycles. The average molecular weight is 328 g/mol. The lowest BCUT2D eigenvalue weighted by Crippen LogP contribution is -2.32. The number of halogens is 1. The zero-order valence-corrected chi connectivity index (χ0v) is 14.4. The van der Waals surface area contributed by atoms with E-state index in [1.54, 1.807) is 0 Å². The van der Waals surface area contributed by atoms with Gasteiger partial charge in [-0.2, -0.15) is 0 Å². The Morgan fingerprint density at radius 2 is 1.84 bits per heavy atom. The second-order valence-corrected chi connectivity index (χ2v) is 6.37. The van der Waals surface area contributed by atoms with Crippen molar-refractivity contribution in [3.05, 3.63) is 16.5 Å². The van der Waals surface area contributed by atoms with Crippen LogP contribution in [0.25, 0.3) is 0 Å². The van der Waals surface area contributed by atoms with E-state index in [4.69, 9.17) is 4.98 Å². The molecular weight excluding hydrogens is 302 g/mol. The van der Waals surface area contributed by atoms with Gasteiger partial charge in [-0.25, -0.2) is 9.97 Å². The first kappa shape index (κ1) is 16.4. The van der Waals surface area contributed by atoms with Gasteiger partial charge in [0.2, 0.25) is 0 Å². The summed E-state index contributed by atoms with van der Waals surface area (Å²) in [7, 11) is 0. The molecule has 108 valence electrons. The maximum atomic E-state index is 4.72. The Bertz CT molecular complexity index is 391. The minimum absolute atomic E-state index is 0.348. The molecule has 1 aromatic rings. The Morgan fingerprint density at radius 3 is 2.37 bits per heavy atom. The predicted molar refractivity (Wildman–Crippen MR) is 85.8 cm³/mol. The number of unbranched alkanes of at least 4 members (excludes halogenated alkanes) is 2. The van der Waals surface area contributed by atoms with E-state index in [0.717, 1.165) is 22.8 Å². The summed E-state index contributed by atoms with van der Waals surface area (Å²) >= 11 is 3.50. The second-order valence-electron chi connectivity index (χ2n) is 5.56. The third-order valence-electron chi connectivity index (χ3n) is 3.14. The predicted octanol–water partition coefficient (Wildman–Crippen LogP) is 4.77. The Morgan fingerprint density at radius 1 is 1.16 bits per heavy atom. The molecule has 0 radical (unpaired) electrons. The molecule has 0 aliphatic carbocycles. The molecule has 1 aromatic heterocycles. The van der Waals surface area contributed by atoms with Crippen LogP contribution in [0, 0.1) is 0 Å². The largest absolute Gasteiger partial charge is 0.354 e. The van der Waals surface area contributed by atoms with Gasteiger partial charge in [-0.05, 0) is 36.2 Å². The van der Waals surface area contributed by atoms with Gasteiger partial charge in [0.25, 0.3) is 0 Å². The lowest BCUT2D eigenvalue weighted by Gasteiger charge is -2.28. The van der Waals surface area contributed by atoms with Gasteiger partial charge in [0, 0.05) is 24.6 Å². The Kier molecular flexibility index (Phi) is 6.76. The highest BCUT2D eigenvalue weighted by Crippen LogP contribution is 2.22. The van der Waals surface area contributed by atoms with Crippen LogP contribution in [0.5, 0.6) is 0 Å². The minimum atomic E-state index is 0.348. The Hall–Kier alpha value is -0.640. The van der Waals surface area contributed by atoms with Crippen LogP contribution in [-0.2, 0) is 0 Å². The lowest BCUT2D eigenvalue weighted by atomic mass is 10.2. The summed E-state index contributed by atoms with van der Waals surface area (Å²) in [6.07, 6.45) is 3.73. The van der Waals surface area contributed by atoms with Crippen LogP contribution in [0.4, 0.5) is 5.82 Å². The molecule has 0 aliphatic rings. The van der Waals surface area contributed by atoms with Gasteiger partial charge >= 0.3 is 0 Å². The third-order valence-corrected chi connectivity index (χ3v) is 3.54. The molecule has 0 amide bonds. The number of hydrogen-bond donors (Lipinski definition) is 0. The SMILES string of the molecule is CCCCCN(c1cc(Br)nc(C(C)C)n1)C(C)C. The van der Waals surface area contributed by atoms with E-state index in [1.807, 2.05) is 6.07 Å². The highest BCUT2D eigenvalue weighted by molar-refractivity contribution is 9.10. The van der Waals surface area contributed by atoms with Crippen LogP contribution in [-0.4, -0.2) is 22.6 Å². The van der Waals surface area contributed by atoms with Crippen LogP contribution in [0.2, 0.25) is 0 Å². The average Bonchev–Trinajstić information content (AvgIpc) is 2.33.